The Morgan fingerprint density at radius 1 is 1.27 bits per heavy atom. The van der Waals surface area contributed by atoms with Crippen LogP contribution in [0.2, 0.25) is 0 Å². The standard InChI is InChI=1S/C11H10ClNS.ClH/c1-8-10(7-12)14-11(13-8)9-5-3-2-4-6-9;/h2-6H,7H2,1H3;1H. The summed E-state index contributed by atoms with van der Waals surface area (Å²) >= 11 is 7.47. The molecular formula is C11H11Cl2NS. The highest BCUT2D eigenvalue weighted by molar-refractivity contribution is 7.15. The van der Waals surface area contributed by atoms with Crippen LogP contribution in [-0.4, -0.2) is 4.98 Å². The summed E-state index contributed by atoms with van der Waals surface area (Å²) in [6.45, 7) is 2.00. The smallest absolute Gasteiger partial charge is 0.123 e. The number of halogens is 2. The fourth-order valence-electron chi connectivity index (χ4n) is 1.26. The summed E-state index contributed by atoms with van der Waals surface area (Å²) in [6, 6.07) is 10.2. The normalized spacial score (nSPS) is 9.73. The molecule has 1 nitrogen and oxygen atoms in total. The van der Waals surface area contributed by atoms with Crippen LogP contribution in [0.25, 0.3) is 10.6 Å². The largest absolute Gasteiger partial charge is 0.241 e. The molecule has 0 amide bonds. The molecule has 0 spiro atoms. The maximum Gasteiger partial charge on any atom is 0.123 e. The number of benzene rings is 1. The van der Waals surface area contributed by atoms with Gasteiger partial charge in [-0.2, -0.15) is 0 Å². The average Bonchev–Trinajstić information content (AvgIpc) is 2.61. The lowest BCUT2D eigenvalue weighted by Gasteiger charge is -1.92. The van der Waals surface area contributed by atoms with Gasteiger partial charge >= 0.3 is 0 Å². The van der Waals surface area contributed by atoms with Crippen molar-refractivity contribution in [3.63, 3.8) is 0 Å². The van der Waals surface area contributed by atoms with Gasteiger partial charge in [0.25, 0.3) is 0 Å². The van der Waals surface area contributed by atoms with Gasteiger partial charge in [-0.1, -0.05) is 30.3 Å². The van der Waals surface area contributed by atoms with Crippen molar-refractivity contribution in [2.24, 2.45) is 0 Å². The first-order valence-corrected chi connectivity index (χ1v) is 5.74. The van der Waals surface area contributed by atoms with E-state index >= 15 is 0 Å². The minimum absolute atomic E-state index is 0. The van der Waals surface area contributed by atoms with Crippen LogP contribution >= 0.6 is 35.3 Å². The number of hydrogen-bond donors (Lipinski definition) is 0. The first kappa shape index (κ1) is 12.5. The zero-order valence-corrected chi connectivity index (χ0v) is 10.6. The number of alkyl halides is 1. The van der Waals surface area contributed by atoms with Gasteiger partial charge in [-0.05, 0) is 6.92 Å². The molecule has 0 radical (unpaired) electrons. The van der Waals surface area contributed by atoms with Crippen LogP contribution in [0.4, 0.5) is 0 Å². The Kier molecular flexibility index (Phi) is 4.58. The number of rotatable bonds is 2. The van der Waals surface area contributed by atoms with E-state index < -0.39 is 0 Å². The highest BCUT2D eigenvalue weighted by Gasteiger charge is 2.07. The molecule has 0 fully saturated rings. The van der Waals surface area contributed by atoms with E-state index in [1.165, 1.54) is 0 Å². The summed E-state index contributed by atoms with van der Waals surface area (Å²) in [7, 11) is 0. The van der Waals surface area contributed by atoms with Gasteiger partial charge in [-0.25, -0.2) is 4.98 Å². The third-order valence-electron chi connectivity index (χ3n) is 2.03. The third kappa shape index (κ3) is 2.71. The van der Waals surface area contributed by atoms with Gasteiger partial charge in [-0.3, -0.25) is 0 Å². The molecule has 0 unspecified atom stereocenters. The molecular weight excluding hydrogens is 249 g/mol. The fourth-order valence-corrected chi connectivity index (χ4v) is 2.53. The van der Waals surface area contributed by atoms with Crippen LogP contribution < -0.4 is 0 Å². The Bertz CT molecular complexity index is 425. The molecule has 1 aromatic carbocycles. The van der Waals surface area contributed by atoms with Crippen molar-refractivity contribution in [2.45, 2.75) is 12.8 Å². The Balaban J connectivity index is 0.00000112. The number of aryl methyl sites for hydroxylation is 1. The summed E-state index contributed by atoms with van der Waals surface area (Å²) in [5, 5.41) is 1.05. The molecule has 80 valence electrons. The van der Waals surface area contributed by atoms with E-state index in [0.29, 0.717) is 5.88 Å². The minimum atomic E-state index is 0. The van der Waals surface area contributed by atoms with Gasteiger partial charge in [0.1, 0.15) is 5.01 Å². The molecule has 0 N–H and O–H groups in total. The summed E-state index contributed by atoms with van der Waals surface area (Å²) in [6.07, 6.45) is 0. The van der Waals surface area contributed by atoms with Crippen molar-refractivity contribution >= 4 is 35.3 Å². The molecule has 1 aromatic heterocycles. The van der Waals surface area contributed by atoms with E-state index in [4.69, 9.17) is 11.6 Å². The van der Waals surface area contributed by atoms with Gasteiger partial charge in [0, 0.05) is 10.4 Å². The monoisotopic (exact) mass is 259 g/mol. The Labute approximate surface area is 105 Å². The molecule has 0 saturated carbocycles. The van der Waals surface area contributed by atoms with E-state index in [1.54, 1.807) is 11.3 Å². The Hall–Kier alpha value is -0.570. The zero-order valence-electron chi connectivity index (χ0n) is 8.24. The van der Waals surface area contributed by atoms with E-state index in [1.807, 2.05) is 25.1 Å². The summed E-state index contributed by atoms with van der Waals surface area (Å²) < 4.78 is 0. The lowest BCUT2D eigenvalue weighted by Crippen LogP contribution is -1.77. The van der Waals surface area contributed by atoms with Crippen molar-refractivity contribution in [2.75, 3.05) is 0 Å². The van der Waals surface area contributed by atoms with Crippen LogP contribution in [0.1, 0.15) is 10.6 Å². The second kappa shape index (κ2) is 5.50. The number of thiazole rings is 1. The predicted octanol–water partition coefficient (Wildman–Crippen LogP) is 4.28. The lowest BCUT2D eigenvalue weighted by atomic mass is 10.2. The second-order valence-electron chi connectivity index (χ2n) is 3.03. The third-order valence-corrected chi connectivity index (χ3v) is 3.67. The van der Waals surface area contributed by atoms with Crippen molar-refractivity contribution in [1.82, 2.24) is 4.98 Å². The van der Waals surface area contributed by atoms with Gasteiger partial charge in [0.05, 0.1) is 11.6 Å². The van der Waals surface area contributed by atoms with Crippen molar-refractivity contribution in [3.05, 3.63) is 40.9 Å². The van der Waals surface area contributed by atoms with Gasteiger partial charge in [0.2, 0.25) is 0 Å². The van der Waals surface area contributed by atoms with E-state index in [-0.39, 0.29) is 12.4 Å². The first-order chi connectivity index (χ1) is 6.81. The highest BCUT2D eigenvalue weighted by atomic mass is 35.5. The molecule has 1 heterocycles. The maximum atomic E-state index is 5.80. The Morgan fingerprint density at radius 2 is 1.93 bits per heavy atom. The highest BCUT2D eigenvalue weighted by Crippen LogP contribution is 2.28. The van der Waals surface area contributed by atoms with Gasteiger partial charge in [0.15, 0.2) is 0 Å². The van der Waals surface area contributed by atoms with Crippen molar-refractivity contribution in [1.29, 1.82) is 0 Å². The van der Waals surface area contributed by atoms with E-state index in [9.17, 15) is 0 Å². The Morgan fingerprint density at radius 3 is 2.47 bits per heavy atom. The van der Waals surface area contributed by atoms with Crippen LogP contribution in [0.15, 0.2) is 30.3 Å². The first-order valence-electron chi connectivity index (χ1n) is 4.39. The number of hydrogen-bond acceptors (Lipinski definition) is 2. The van der Waals surface area contributed by atoms with Gasteiger partial charge in [-0.15, -0.1) is 35.3 Å². The quantitative estimate of drug-likeness (QED) is 0.734. The molecule has 2 aromatic rings. The second-order valence-corrected chi connectivity index (χ2v) is 4.38. The predicted molar refractivity (Wildman–Crippen MR) is 69.1 cm³/mol. The fraction of sp³-hybridized carbons (Fsp3) is 0.182. The summed E-state index contributed by atoms with van der Waals surface area (Å²) in [5.74, 6) is 0.552. The van der Waals surface area contributed by atoms with Crippen LogP contribution in [0.5, 0.6) is 0 Å². The molecule has 2 rings (SSSR count). The van der Waals surface area contributed by atoms with Crippen LogP contribution in [0, 0.1) is 6.92 Å². The molecule has 4 heteroatoms. The molecule has 0 aliphatic carbocycles. The molecule has 15 heavy (non-hydrogen) atoms. The molecule has 0 aliphatic rings. The average molecular weight is 260 g/mol. The summed E-state index contributed by atoms with van der Waals surface area (Å²) in [4.78, 5) is 5.64. The van der Waals surface area contributed by atoms with E-state index in [0.717, 1.165) is 21.1 Å². The van der Waals surface area contributed by atoms with Gasteiger partial charge < -0.3 is 0 Å². The van der Waals surface area contributed by atoms with Crippen molar-refractivity contribution in [3.8, 4) is 10.6 Å². The van der Waals surface area contributed by atoms with E-state index in [2.05, 4.69) is 17.1 Å². The van der Waals surface area contributed by atoms with Crippen molar-refractivity contribution < 1.29 is 0 Å². The number of nitrogens with zero attached hydrogens (tertiary/aromatic N) is 1. The molecule has 0 bridgehead atoms. The number of aromatic nitrogens is 1. The minimum Gasteiger partial charge on any atom is -0.241 e. The topological polar surface area (TPSA) is 12.9 Å². The summed E-state index contributed by atoms with van der Waals surface area (Å²) in [5.41, 5.74) is 2.21. The van der Waals surface area contributed by atoms with Crippen LogP contribution in [-0.2, 0) is 5.88 Å². The zero-order chi connectivity index (χ0) is 9.97. The SMILES string of the molecule is Cc1nc(-c2ccccc2)sc1CCl.Cl. The molecule has 0 atom stereocenters. The molecule has 0 saturated heterocycles. The lowest BCUT2D eigenvalue weighted by molar-refractivity contribution is 1.22. The maximum absolute atomic E-state index is 5.80. The molecule has 0 aliphatic heterocycles. The van der Waals surface area contributed by atoms with Crippen LogP contribution in [0.3, 0.4) is 0 Å².